The maximum Gasteiger partial charge on any atom is 0.225 e. The van der Waals surface area contributed by atoms with Gasteiger partial charge in [-0.1, -0.05) is 12.1 Å². The summed E-state index contributed by atoms with van der Waals surface area (Å²) < 4.78 is 22.4. The smallest absolute Gasteiger partial charge is 0.225 e. The second-order valence-electron chi connectivity index (χ2n) is 7.63. The molecule has 0 spiro atoms. The fourth-order valence-corrected chi connectivity index (χ4v) is 5.09. The van der Waals surface area contributed by atoms with Gasteiger partial charge in [-0.2, -0.15) is 0 Å². The number of fused-ring (bicyclic) bond motifs is 1. The summed E-state index contributed by atoms with van der Waals surface area (Å²) >= 11 is 0. The standard InChI is InChI=1S/C21H29N5O2S/c1-4-24-29(3,27)19-14-22-21(23-15-19)26-10-8-25(9-11-26)16(2)18-6-5-17-7-12-28-20(17)13-18/h5-6,13-16H,4,7-12H2,1-3H3/t16-,29-/m1/s1. The highest BCUT2D eigenvalue weighted by atomic mass is 32.2. The van der Waals surface area contributed by atoms with Gasteiger partial charge < -0.3 is 9.64 Å². The van der Waals surface area contributed by atoms with Crippen molar-refractivity contribution in [2.75, 3.05) is 50.5 Å². The Labute approximate surface area is 173 Å². The van der Waals surface area contributed by atoms with Crippen molar-refractivity contribution in [1.82, 2.24) is 14.9 Å². The average Bonchev–Trinajstić information content (AvgIpc) is 3.21. The Morgan fingerprint density at radius 3 is 2.62 bits per heavy atom. The van der Waals surface area contributed by atoms with E-state index in [0.29, 0.717) is 23.4 Å². The summed E-state index contributed by atoms with van der Waals surface area (Å²) in [7, 11) is -2.40. The summed E-state index contributed by atoms with van der Waals surface area (Å²) in [5.74, 6) is 1.74. The second kappa shape index (κ2) is 8.28. The number of anilines is 1. The Bertz CT molecular complexity index is 977. The van der Waals surface area contributed by atoms with Gasteiger partial charge in [-0.3, -0.25) is 4.90 Å². The number of benzene rings is 1. The molecular weight excluding hydrogens is 386 g/mol. The van der Waals surface area contributed by atoms with Crippen molar-refractivity contribution in [3.05, 3.63) is 41.7 Å². The van der Waals surface area contributed by atoms with Gasteiger partial charge >= 0.3 is 0 Å². The molecule has 8 heteroatoms. The van der Waals surface area contributed by atoms with Gasteiger partial charge in [0.1, 0.15) is 5.75 Å². The number of ether oxygens (including phenoxy) is 1. The molecule has 0 aliphatic carbocycles. The Morgan fingerprint density at radius 2 is 1.93 bits per heavy atom. The molecule has 7 nitrogen and oxygen atoms in total. The molecule has 0 amide bonds. The number of aromatic nitrogens is 2. The Kier molecular flexibility index (Phi) is 5.74. The first-order chi connectivity index (χ1) is 14.0. The predicted molar refractivity (Wildman–Crippen MR) is 115 cm³/mol. The van der Waals surface area contributed by atoms with Crippen molar-refractivity contribution >= 4 is 15.7 Å². The number of rotatable bonds is 5. The zero-order valence-electron chi connectivity index (χ0n) is 17.4. The van der Waals surface area contributed by atoms with E-state index in [0.717, 1.165) is 45.0 Å². The lowest BCUT2D eigenvalue weighted by Crippen LogP contribution is -2.47. The maximum atomic E-state index is 12.5. The van der Waals surface area contributed by atoms with Gasteiger partial charge in [-0.25, -0.2) is 18.5 Å². The highest BCUT2D eigenvalue weighted by molar-refractivity contribution is 7.93. The third-order valence-corrected chi connectivity index (χ3v) is 7.61. The summed E-state index contributed by atoms with van der Waals surface area (Å²) in [5, 5.41) is 0. The third-order valence-electron chi connectivity index (χ3n) is 5.77. The first-order valence-electron chi connectivity index (χ1n) is 10.2. The van der Waals surface area contributed by atoms with E-state index in [1.807, 2.05) is 6.92 Å². The van der Waals surface area contributed by atoms with Gasteiger partial charge in [0.25, 0.3) is 0 Å². The van der Waals surface area contributed by atoms with E-state index >= 15 is 0 Å². The van der Waals surface area contributed by atoms with Gasteiger partial charge in [-0.15, -0.1) is 0 Å². The lowest BCUT2D eigenvalue weighted by molar-refractivity contribution is 0.197. The molecule has 2 aromatic rings. The quantitative estimate of drug-likeness (QED) is 0.748. The van der Waals surface area contributed by atoms with Crippen molar-refractivity contribution in [2.24, 2.45) is 4.36 Å². The summed E-state index contributed by atoms with van der Waals surface area (Å²) in [6.07, 6.45) is 5.97. The molecule has 29 heavy (non-hydrogen) atoms. The molecule has 4 rings (SSSR count). The minimum atomic E-state index is -2.40. The van der Waals surface area contributed by atoms with E-state index in [1.165, 1.54) is 11.1 Å². The zero-order chi connectivity index (χ0) is 20.4. The summed E-state index contributed by atoms with van der Waals surface area (Å²) in [6.45, 7) is 9.08. The van der Waals surface area contributed by atoms with Crippen molar-refractivity contribution < 1.29 is 8.95 Å². The van der Waals surface area contributed by atoms with Crippen LogP contribution in [0.1, 0.15) is 31.0 Å². The molecule has 2 atom stereocenters. The van der Waals surface area contributed by atoms with E-state index in [1.54, 1.807) is 18.6 Å². The van der Waals surface area contributed by atoms with Gasteiger partial charge in [0.05, 0.1) is 21.2 Å². The van der Waals surface area contributed by atoms with Gasteiger partial charge in [0.15, 0.2) is 0 Å². The van der Waals surface area contributed by atoms with Crippen LogP contribution < -0.4 is 9.64 Å². The first kappa shape index (κ1) is 20.1. The average molecular weight is 416 g/mol. The minimum absolute atomic E-state index is 0.343. The highest BCUT2D eigenvalue weighted by Gasteiger charge is 2.24. The van der Waals surface area contributed by atoms with Crippen molar-refractivity contribution in [1.29, 1.82) is 0 Å². The Hall–Kier alpha value is -2.19. The Morgan fingerprint density at radius 1 is 1.21 bits per heavy atom. The lowest BCUT2D eigenvalue weighted by atomic mass is 10.0. The van der Waals surface area contributed by atoms with Gasteiger partial charge in [-0.05, 0) is 31.0 Å². The SMILES string of the molecule is CCN=[S@](C)(=O)c1cnc(N2CCN([C@H](C)c3ccc4c(c3)OCC4)CC2)nc1. The number of hydrogen-bond acceptors (Lipinski definition) is 7. The third kappa shape index (κ3) is 4.23. The molecule has 0 saturated carbocycles. The van der Waals surface area contributed by atoms with E-state index in [2.05, 4.69) is 49.3 Å². The molecule has 156 valence electrons. The molecule has 1 aromatic carbocycles. The van der Waals surface area contributed by atoms with Crippen LogP contribution in [-0.2, 0) is 16.1 Å². The summed E-state index contributed by atoms with van der Waals surface area (Å²) in [4.78, 5) is 14.2. The minimum Gasteiger partial charge on any atom is -0.493 e. The molecule has 0 radical (unpaired) electrons. The van der Waals surface area contributed by atoms with Crippen LogP contribution in [0.5, 0.6) is 5.75 Å². The molecule has 2 aliphatic heterocycles. The lowest BCUT2D eigenvalue weighted by Gasteiger charge is -2.38. The zero-order valence-corrected chi connectivity index (χ0v) is 18.2. The van der Waals surface area contributed by atoms with Crippen molar-refractivity contribution in [3.63, 3.8) is 0 Å². The monoisotopic (exact) mass is 415 g/mol. The summed E-state index contributed by atoms with van der Waals surface area (Å²) in [6, 6.07) is 6.98. The van der Waals surface area contributed by atoms with E-state index in [-0.39, 0.29) is 0 Å². The molecular formula is C21H29N5O2S. The van der Waals surface area contributed by atoms with Crippen molar-refractivity contribution in [2.45, 2.75) is 31.2 Å². The normalized spacial score (nSPS) is 19.9. The highest BCUT2D eigenvalue weighted by Crippen LogP contribution is 2.31. The largest absolute Gasteiger partial charge is 0.493 e. The van der Waals surface area contributed by atoms with Crippen LogP contribution in [0.3, 0.4) is 0 Å². The van der Waals surface area contributed by atoms with Gasteiger partial charge in [0, 0.05) is 63.8 Å². The Balaban J connectivity index is 1.39. The van der Waals surface area contributed by atoms with E-state index in [4.69, 9.17) is 4.74 Å². The molecule has 1 saturated heterocycles. The van der Waals surface area contributed by atoms with Crippen molar-refractivity contribution in [3.8, 4) is 5.75 Å². The van der Waals surface area contributed by atoms with Crippen LogP contribution in [0.15, 0.2) is 39.9 Å². The van der Waals surface area contributed by atoms with Crippen LogP contribution >= 0.6 is 0 Å². The molecule has 0 bridgehead atoms. The topological polar surface area (TPSA) is 70.9 Å². The number of nitrogens with zero attached hydrogens (tertiary/aromatic N) is 5. The van der Waals surface area contributed by atoms with Gasteiger partial charge in [0.2, 0.25) is 5.95 Å². The fraction of sp³-hybridized carbons (Fsp3) is 0.524. The molecule has 1 fully saturated rings. The fourth-order valence-electron chi connectivity index (χ4n) is 3.95. The molecule has 0 unspecified atom stereocenters. The van der Waals surface area contributed by atoms with E-state index in [9.17, 15) is 4.21 Å². The van der Waals surface area contributed by atoms with Crippen LogP contribution in [0.4, 0.5) is 5.95 Å². The molecule has 2 aliphatic rings. The molecule has 3 heterocycles. The second-order valence-corrected chi connectivity index (χ2v) is 9.97. The number of piperazine rings is 1. The molecule has 0 N–H and O–H groups in total. The summed E-state index contributed by atoms with van der Waals surface area (Å²) in [5.41, 5.74) is 2.62. The molecule has 1 aromatic heterocycles. The van der Waals surface area contributed by atoms with Crippen LogP contribution in [-0.4, -0.2) is 64.7 Å². The first-order valence-corrected chi connectivity index (χ1v) is 12.1. The van der Waals surface area contributed by atoms with E-state index < -0.39 is 9.73 Å². The van der Waals surface area contributed by atoms with Crippen LogP contribution in [0, 0.1) is 0 Å². The van der Waals surface area contributed by atoms with Crippen LogP contribution in [0.25, 0.3) is 0 Å². The van der Waals surface area contributed by atoms with Crippen LogP contribution in [0.2, 0.25) is 0 Å². The predicted octanol–water partition coefficient (Wildman–Crippen LogP) is 2.77. The number of hydrogen-bond donors (Lipinski definition) is 0. The maximum absolute atomic E-state index is 12.5.